The van der Waals surface area contributed by atoms with Gasteiger partial charge in [-0.15, -0.1) is 0 Å². The summed E-state index contributed by atoms with van der Waals surface area (Å²) < 4.78 is 0. The minimum Gasteiger partial charge on any atom is -0.356 e. The Bertz CT molecular complexity index is 391. The smallest absolute Gasteiger partial charge is 0.223 e. The Labute approximate surface area is 101 Å². The molecule has 1 saturated carbocycles. The third kappa shape index (κ3) is 2.99. The molecule has 0 unspecified atom stereocenters. The highest BCUT2D eigenvalue weighted by molar-refractivity contribution is 6.30. The number of carbonyl (C=O) groups excluding carboxylic acids is 1. The van der Waals surface area contributed by atoms with Crippen LogP contribution >= 0.6 is 11.6 Å². The van der Waals surface area contributed by atoms with Crippen LogP contribution in [-0.2, 0) is 11.2 Å². The van der Waals surface area contributed by atoms with Crippen LogP contribution in [0.2, 0.25) is 5.02 Å². The van der Waals surface area contributed by atoms with Crippen LogP contribution in [0, 0.1) is 11.8 Å². The van der Waals surface area contributed by atoms with Crippen molar-refractivity contribution >= 4 is 17.5 Å². The van der Waals surface area contributed by atoms with Crippen LogP contribution in [0.3, 0.4) is 0 Å². The molecule has 2 atom stereocenters. The van der Waals surface area contributed by atoms with E-state index in [1.807, 2.05) is 24.3 Å². The number of nitrogens with one attached hydrogen (secondary N) is 1. The topological polar surface area (TPSA) is 29.1 Å². The molecular formula is C13H16ClNO. The number of halogens is 1. The van der Waals surface area contributed by atoms with Crippen LogP contribution in [0.1, 0.15) is 18.9 Å². The highest BCUT2D eigenvalue weighted by atomic mass is 35.5. The van der Waals surface area contributed by atoms with Gasteiger partial charge in [0.1, 0.15) is 0 Å². The lowest BCUT2D eigenvalue weighted by molar-refractivity contribution is -0.122. The molecule has 1 N–H and O–H groups in total. The highest BCUT2D eigenvalue weighted by Crippen LogP contribution is 2.37. The molecule has 16 heavy (non-hydrogen) atoms. The maximum absolute atomic E-state index is 11.5. The van der Waals surface area contributed by atoms with Crippen molar-refractivity contribution in [2.45, 2.75) is 19.8 Å². The molecule has 0 bridgehead atoms. The molecule has 2 nitrogen and oxygen atoms in total. The van der Waals surface area contributed by atoms with E-state index in [-0.39, 0.29) is 11.8 Å². The maximum Gasteiger partial charge on any atom is 0.223 e. The molecule has 1 aromatic carbocycles. The first-order valence-corrected chi connectivity index (χ1v) is 6.07. The van der Waals surface area contributed by atoms with Crippen molar-refractivity contribution in [1.82, 2.24) is 5.32 Å². The van der Waals surface area contributed by atoms with Gasteiger partial charge in [-0.2, -0.15) is 0 Å². The van der Waals surface area contributed by atoms with Crippen LogP contribution in [0.15, 0.2) is 24.3 Å². The zero-order valence-corrected chi connectivity index (χ0v) is 10.1. The highest BCUT2D eigenvalue weighted by Gasteiger charge is 2.38. The van der Waals surface area contributed by atoms with Gasteiger partial charge < -0.3 is 5.32 Å². The molecule has 0 saturated heterocycles. The second-order valence-corrected chi connectivity index (χ2v) is 4.93. The fraction of sp³-hybridized carbons (Fsp3) is 0.462. The zero-order chi connectivity index (χ0) is 11.5. The Morgan fingerprint density at radius 1 is 1.56 bits per heavy atom. The Hall–Kier alpha value is -1.02. The van der Waals surface area contributed by atoms with Crippen LogP contribution in [0.25, 0.3) is 0 Å². The summed E-state index contributed by atoms with van der Waals surface area (Å²) in [5.74, 6) is 1.04. The van der Waals surface area contributed by atoms with Crippen molar-refractivity contribution in [3.8, 4) is 0 Å². The van der Waals surface area contributed by atoms with E-state index in [1.165, 1.54) is 0 Å². The van der Waals surface area contributed by atoms with Crippen molar-refractivity contribution < 1.29 is 4.79 Å². The van der Waals surface area contributed by atoms with Crippen LogP contribution < -0.4 is 5.32 Å². The zero-order valence-electron chi connectivity index (χ0n) is 9.37. The molecule has 0 radical (unpaired) electrons. The van der Waals surface area contributed by atoms with Crippen molar-refractivity contribution in [3.05, 3.63) is 34.9 Å². The fourth-order valence-corrected chi connectivity index (χ4v) is 2.05. The minimum absolute atomic E-state index is 0.203. The summed E-state index contributed by atoms with van der Waals surface area (Å²) in [4.78, 5) is 11.5. The molecule has 1 fully saturated rings. The summed E-state index contributed by atoms with van der Waals surface area (Å²) in [5.41, 5.74) is 1.16. The number of amides is 1. The Morgan fingerprint density at radius 2 is 2.31 bits per heavy atom. The number of rotatable bonds is 4. The van der Waals surface area contributed by atoms with Gasteiger partial charge >= 0.3 is 0 Å². The first-order chi connectivity index (χ1) is 7.66. The van der Waals surface area contributed by atoms with E-state index in [0.717, 1.165) is 23.4 Å². The molecule has 1 amide bonds. The Kier molecular flexibility index (Phi) is 3.49. The van der Waals surface area contributed by atoms with Crippen molar-refractivity contribution in [2.75, 3.05) is 6.54 Å². The summed E-state index contributed by atoms with van der Waals surface area (Å²) in [5, 5.41) is 3.71. The maximum atomic E-state index is 11.5. The van der Waals surface area contributed by atoms with Gasteiger partial charge in [0.05, 0.1) is 0 Å². The molecule has 2 rings (SSSR count). The fourth-order valence-electron chi connectivity index (χ4n) is 1.84. The van der Waals surface area contributed by atoms with E-state index in [0.29, 0.717) is 12.5 Å². The molecule has 86 valence electrons. The monoisotopic (exact) mass is 237 g/mol. The molecule has 3 heteroatoms. The summed E-state index contributed by atoms with van der Waals surface area (Å²) >= 11 is 5.88. The van der Waals surface area contributed by atoms with Gasteiger partial charge in [0.15, 0.2) is 0 Å². The van der Waals surface area contributed by atoms with Gasteiger partial charge in [-0.3, -0.25) is 4.79 Å². The van der Waals surface area contributed by atoms with Crippen LogP contribution in [0.4, 0.5) is 0 Å². The molecule has 1 aromatic rings. The van der Waals surface area contributed by atoms with Gasteiger partial charge in [-0.25, -0.2) is 0 Å². The van der Waals surface area contributed by atoms with E-state index in [1.54, 1.807) is 0 Å². The lowest BCUT2D eigenvalue weighted by Gasteiger charge is -2.04. The average Bonchev–Trinajstić information content (AvgIpc) is 2.96. The van der Waals surface area contributed by atoms with Gasteiger partial charge in [-0.05, 0) is 36.5 Å². The van der Waals surface area contributed by atoms with E-state index in [2.05, 4.69) is 12.2 Å². The van der Waals surface area contributed by atoms with Crippen molar-refractivity contribution in [1.29, 1.82) is 0 Å². The molecule has 0 aromatic heterocycles. The van der Waals surface area contributed by atoms with Crippen molar-refractivity contribution in [3.63, 3.8) is 0 Å². The Morgan fingerprint density at radius 3 is 2.94 bits per heavy atom. The number of hydrogen-bond donors (Lipinski definition) is 1. The predicted molar refractivity (Wildman–Crippen MR) is 65.4 cm³/mol. The van der Waals surface area contributed by atoms with E-state index >= 15 is 0 Å². The van der Waals surface area contributed by atoms with Gasteiger partial charge in [0.2, 0.25) is 5.91 Å². The third-order valence-corrected chi connectivity index (χ3v) is 3.28. The lowest BCUT2D eigenvalue weighted by Crippen LogP contribution is -2.27. The number of benzene rings is 1. The first kappa shape index (κ1) is 11.5. The predicted octanol–water partition coefficient (Wildman–Crippen LogP) is 2.65. The minimum atomic E-state index is 0.203. The molecule has 0 spiro atoms. The third-order valence-electron chi connectivity index (χ3n) is 3.05. The second-order valence-electron chi connectivity index (χ2n) is 4.49. The lowest BCUT2D eigenvalue weighted by atomic mass is 10.1. The standard InChI is InChI=1S/C13H16ClNO/c1-9-7-12(9)13(16)15-6-5-10-3-2-4-11(14)8-10/h2-4,8-9,12H,5-7H2,1H3,(H,15,16)/t9-,12+/m0/s1. The molecule has 1 aliphatic rings. The van der Waals surface area contributed by atoms with Gasteiger partial charge in [0, 0.05) is 17.5 Å². The van der Waals surface area contributed by atoms with Crippen molar-refractivity contribution in [2.24, 2.45) is 11.8 Å². The van der Waals surface area contributed by atoms with Gasteiger partial charge in [-0.1, -0.05) is 30.7 Å². The largest absolute Gasteiger partial charge is 0.356 e. The quantitative estimate of drug-likeness (QED) is 0.857. The number of hydrogen-bond acceptors (Lipinski definition) is 1. The summed E-state index contributed by atoms with van der Waals surface area (Å²) in [6, 6.07) is 7.75. The van der Waals surface area contributed by atoms with Gasteiger partial charge in [0.25, 0.3) is 0 Å². The first-order valence-electron chi connectivity index (χ1n) is 5.69. The molecular weight excluding hydrogens is 222 g/mol. The summed E-state index contributed by atoms with van der Waals surface area (Å²) in [6.07, 6.45) is 1.89. The molecule has 0 heterocycles. The summed E-state index contributed by atoms with van der Waals surface area (Å²) in [6.45, 7) is 2.81. The second kappa shape index (κ2) is 4.88. The van der Waals surface area contributed by atoms with E-state index in [9.17, 15) is 4.79 Å². The normalized spacial score (nSPS) is 22.9. The van der Waals surface area contributed by atoms with Crippen LogP contribution in [0.5, 0.6) is 0 Å². The van der Waals surface area contributed by atoms with E-state index < -0.39 is 0 Å². The average molecular weight is 238 g/mol. The van der Waals surface area contributed by atoms with Crippen LogP contribution in [-0.4, -0.2) is 12.5 Å². The summed E-state index contributed by atoms with van der Waals surface area (Å²) in [7, 11) is 0. The van der Waals surface area contributed by atoms with E-state index in [4.69, 9.17) is 11.6 Å². The number of carbonyl (C=O) groups is 1. The molecule has 0 aliphatic heterocycles. The Balaban J connectivity index is 1.74. The molecule has 1 aliphatic carbocycles. The SMILES string of the molecule is C[C@H]1C[C@H]1C(=O)NCCc1cccc(Cl)c1.